The third-order valence-corrected chi connectivity index (χ3v) is 5.51. The van der Waals surface area contributed by atoms with E-state index in [9.17, 15) is 8.42 Å². The molecule has 2 rings (SSSR count). The van der Waals surface area contributed by atoms with Crippen LogP contribution in [0, 0.1) is 5.92 Å². The van der Waals surface area contributed by atoms with Gasteiger partial charge in [-0.1, -0.05) is 37.4 Å². The Morgan fingerprint density at radius 1 is 1.35 bits per heavy atom. The third kappa shape index (κ3) is 3.96. The zero-order chi connectivity index (χ0) is 14.8. The summed E-state index contributed by atoms with van der Waals surface area (Å²) in [5.41, 5.74) is 0.690. The molecule has 0 spiro atoms. The van der Waals surface area contributed by atoms with Crippen molar-refractivity contribution in [2.75, 3.05) is 6.26 Å². The molecular weight excluding hydrogens is 294 g/mol. The van der Waals surface area contributed by atoms with Crippen LogP contribution in [0.1, 0.15) is 38.2 Å². The molecule has 1 fully saturated rings. The lowest BCUT2D eigenvalue weighted by atomic mass is 9.87. The number of rotatable bonds is 4. The molecule has 0 radical (unpaired) electrons. The molecule has 20 heavy (non-hydrogen) atoms. The monoisotopic (exact) mass is 315 g/mol. The number of sulfone groups is 1. The third-order valence-electron chi connectivity index (χ3n) is 3.98. The maximum atomic E-state index is 11.8. The number of halogens is 1. The molecule has 0 saturated heterocycles. The summed E-state index contributed by atoms with van der Waals surface area (Å²) in [4.78, 5) is 0.335. The van der Waals surface area contributed by atoms with Crippen LogP contribution in [0.5, 0.6) is 0 Å². The summed E-state index contributed by atoms with van der Waals surface area (Å²) in [5.74, 6) is 0.738. The fourth-order valence-electron chi connectivity index (χ4n) is 2.92. The first-order valence-corrected chi connectivity index (χ1v) is 9.35. The number of hydrogen-bond donors (Lipinski definition) is 1. The van der Waals surface area contributed by atoms with Gasteiger partial charge in [-0.05, 0) is 30.9 Å². The van der Waals surface area contributed by atoms with Gasteiger partial charge in [0, 0.05) is 29.4 Å². The molecule has 1 aliphatic carbocycles. The van der Waals surface area contributed by atoms with E-state index in [1.165, 1.54) is 19.1 Å². The van der Waals surface area contributed by atoms with Crippen molar-refractivity contribution in [3.05, 3.63) is 28.8 Å². The van der Waals surface area contributed by atoms with E-state index in [4.69, 9.17) is 11.6 Å². The highest BCUT2D eigenvalue weighted by Gasteiger charge is 2.20. The summed E-state index contributed by atoms with van der Waals surface area (Å²) in [6, 6.07) is 5.52. The standard InChI is InChI=1S/C15H22ClNO2S/c1-11-5-3-6-12(9-11)17-10-13-14(16)7-4-8-15(13)20(2,18)19/h4,7-8,11-12,17H,3,5-6,9-10H2,1-2H3. The highest BCUT2D eigenvalue weighted by molar-refractivity contribution is 7.90. The fraction of sp³-hybridized carbons (Fsp3) is 0.600. The van der Waals surface area contributed by atoms with Crippen LogP contribution in [0.2, 0.25) is 5.02 Å². The molecule has 2 atom stereocenters. The molecule has 1 aromatic carbocycles. The van der Waals surface area contributed by atoms with Gasteiger partial charge in [-0.25, -0.2) is 8.42 Å². The van der Waals surface area contributed by atoms with E-state index in [0.29, 0.717) is 28.1 Å². The van der Waals surface area contributed by atoms with E-state index in [-0.39, 0.29) is 0 Å². The van der Waals surface area contributed by atoms with Gasteiger partial charge in [0.25, 0.3) is 0 Å². The second-order valence-electron chi connectivity index (χ2n) is 5.84. The maximum Gasteiger partial charge on any atom is 0.175 e. The minimum absolute atomic E-state index is 0.335. The Hall–Kier alpha value is -0.580. The Kier molecular flexibility index (Phi) is 5.10. The van der Waals surface area contributed by atoms with Crippen LogP contribution in [-0.2, 0) is 16.4 Å². The maximum absolute atomic E-state index is 11.8. The molecule has 3 nitrogen and oxygen atoms in total. The van der Waals surface area contributed by atoms with Gasteiger partial charge < -0.3 is 5.32 Å². The van der Waals surface area contributed by atoms with Gasteiger partial charge in [-0.3, -0.25) is 0 Å². The van der Waals surface area contributed by atoms with Crippen LogP contribution in [0.25, 0.3) is 0 Å². The Morgan fingerprint density at radius 2 is 2.10 bits per heavy atom. The second kappa shape index (κ2) is 6.46. The van der Waals surface area contributed by atoms with E-state index in [2.05, 4.69) is 12.2 Å². The molecule has 0 heterocycles. The average Bonchev–Trinajstić information content (AvgIpc) is 2.36. The largest absolute Gasteiger partial charge is 0.310 e. The number of hydrogen-bond acceptors (Lipinski definition) is 3. The molecule has 0 amide bonds. The summed E-state index contributed by atoms with van der Waals surface area (Å²) in [6.07, 6.45) is 6.06. The van der Waals surface area contributed by atoms with E-state index in [0.717, 1.165) is 18.8 Å². The minimum Gasteiger partial charge on any atom is -0.310 e. The van der Waals surface area contributed by atoms with Crippen LogP contribution in [-0.4, -0.2) is 20.7 Å². The summed E-state index contributed by atoms with van der Waals surface area (Å²) >= 11 is 6.18. The fourth-order valence-corrected chi connectivity index (χ4v) is 4.18. The molecular formula is C15H22ClNO2S. The molecule has 1 saturated carbocycles. The van der Waals surface area contributed by atoms with Gasteiger partial charge in [-0.2, -0.15) is 0 Å². The van der Waals surface area contributed by atoms with Gasteiger partial charge in [0.2, 0.25) is 0 Å². The predicted octanol–water partition coefficient (Wildman–Crippen LogP) is 3.41. The van der Waals surface area contributed by atoms with Gasteiger partial charge >= 0.3 is 0 Å². The quantitative estimate of drug-likeness (QED) is 0.926. The van der Waals surface area contributed by atoms with Crippen molar-refractivity contribution >= 4 is 21.4 Å². The van der Waals surface area contributed by atoms with Crippen molar-refractivity contribution in [1.82, 2.24) is 5.32 Å². The molecule has 0 aromatic heterocycles. The van der Waals surface area contributed by atoms with Crippen molar-refractivity contribution in [2.45, 2.75) is 50.1 Å². The summed E-state index contributed by atoms with van der Waals surface area (Å²) < 4.78 is 23.6. The molecule has 0 aliphatic heterocycles. The molecule has 1 N–H and O–H groups in total. The molecule has 1 aromatic rings. The first-order valence-electron chi connectivity index (χ1n) is 7.08. The summed E-state index contributed by atoms with van der Waals surface area (Å²) in [5, 5.41) is 3.99. The zero-order valence-electron chi connectivity index (χ0n) is 12.0. The van der Waals surface area contributed by atoms with Gasteiger partial charge in [0.05, 0.1) is 4.90 Å². The zero-order valence-corrected chi connectivity index (χ0v) is 13.6. The van der Waals surface area contributed by atoms with Gasteiger partial charge in [-0.15, -0.1) is 0 Å². The van der Waals surface area contributed by atoms with Crippen LogP contribution >= 0.6 is 11.6 Å². The molecule has 112 valence electrons. The second-order valence-corrected chi connectivity index (χ2v) is 8.23. The summed E-state index contributed by atoms with van der Waals surface area (Å²) in [7, 11) is -3.24. The normalized spacial score (nSPS) is 23.8. The Balaban J connectivity index is 2.13. The van der Waals surface area contributed by atoms with Crippen molar-refractivity contribution < 1.29 is 8.42 Å². The molecule has 2 unspecified atom stereocenters. The smallest absolute Gasteiger partial charge is 0.175 e. The van der Waals surface area contributed by atoms with Gasteiger partial charge in [0.15, 0.2) is 9.84 Å². The van der Waals surface area contributed by atoms with Gasteiger partial charge in [0.1, 0.15) is 0 Å². The van der Waals surface area contributed by atoms with Crippen LogP contribution in [0.15, 0.2) is 23.1 Å². The molecule has 0 bridgehead atoms. The minimum atomic E-state index is -3.24. The van der Waals surface area contributed by atoms with Crippen molar-refractivity contribution in [3.8, 4) is 0 Å². The topological polar surface area (TPSA) is 46.2 Å². The molecule has 5 heteroatoms. The lowest BCUT2D eigenvalue weighted by molar-refractivity contribution is 0.300. The molecule has 1 aliphatic rings. The Bertz CT molecular complexity index is 571. The highest BCUT2D eigenvalue weighted by Crippen LogP contribution is 2.26. The van der Waals surface area contributed by atoms with E-state index < -0.39 is 9.84 Å². The Labute approximate surface area is 126 Å². The first-order chi connectivity index (χ1) is 9.38. The highest BCUT2D eigenvalue weighted by atomic mass is 35.5. The van der Waals surface area contributed by atoms with Crippen LogP contribution in [0.4, 0.5) is 0 Å². The lowest BCUT2D eigenvalue weighted by Gasteiger charge is -2.28. The number of nitrogens with one attached hydrogen (secondary N) is 1. The van der Waals surface area contributed by atoms with E-state index in [1.54, 1.807) is 18.2 Å². The number of benzene rings is 1. The SMILES string of the molecule is CC1CCCC(NCc2c(Cl)cccc2S(C)(=O)=O)C1. The van der Waals surface area contributed by atoms with Crippen LogP contribution < -0.4 is 5.32 Å². The van der Waals surface area contributed by atoms with Crippen LogP contribution in [0.3, 0.4) is 0 Å². The van der Waals surface area contributed by atoms with Crippen molar-refractivity contribution in [3.63, 3.8) is 0 Å². The van der Waals surface area contributed by atoms with E-state index in [1.807, 2.05) is 0 Å². The Morgan fingerprint density at radius 3 is 2.75 bits per heavy atom. The van der Waals surface area contributed by atoms with Crippen molar-refractivity contribution in [2.24, 2.45) is 5.92 Å². The predicted molar refractivity (Wildman–Crippen MR) is 82.8 cm³/mol. The summed E-state index contributed by atoms with van der Waals surface area (Å²) in [6.45, 7) is 2.78. The lowest BCUT2D eigenvalue weighted by Crippen LogP contribution is -2.33. The first kappa shape index (κ1) is 15.8. The van der Waals surface area contributed by atoms with Crippen molar-refractivity contribution in [1.29, 1.82) is 0 Å². The average molecular weight is 316 g/mol. The van der Waals surface area contributed by atoms with E-state index >= 15 is 0 Å².